The average molecular weight is 1110 g/mol. The van der Waals surface area contributed by atoms with Gasteiger partial charge in [0.1, 0.15) is 39.1 Å². The quantitative estimate of drug-likeness (QED) is 0.0758. The van der Waals surface area contributed by atoms with E-state index in [4.69, 9.17) is 43.1 Å². The van der Waals surface area contributed by atoms with Crippen LogP contribution in [0.15, 0.2) is 144 Å². The van der Waals surface area contributed by atoms with E-state index in [0.717, 1.165) is 11.3 Å². The molecule has 19 nitrogen and oxygen atoms in total. The number of nitrogen functional groups attached to an aromatic ring is 1. The molecule has 0 aliphatic carbocycles. The zero-order valence-electron chi connectivity index (χ0n) is 42.9. The van der Waals surface area contributed by atoms with Crippen molar-refractivity contribution in [3.63, 3.8) is 0 Å². The molecule has 0 fully saturated rings. The fourth-order valence-electron chi connectivity index (χ4n) is 7.37. The number of hydrogen-bond donors (Lipinski definition) is 2. The van der Waals surface area contributed by atoms with E-state index in [9.17, 15) is 28.0 Å². The number of ketones is 2. The number of rotatable bonds is 18. The van der Waals surface area contributed by atoms with E-state index in [-0.39, 0.29) is 81.1 Å². The lowest BCUT2D eigenvalue weighted by molar-refractivity contribution is 0.0976. The van der Waals surface area contributed by atoms with Gasteiger partial charge in [-0.05, 0) is 91.9 Å². The highest BCUT2D eigenvalue weighted by Gasteiger charge is 2.22. The first kappa shape index (κ1) is 55.9. The van der Waals surface area contributed by atoms with Gasteiger partial charge in [-0.25, -0.2) is 38.7 Å². The van der Waals surface area contributed by atoms with Gasteiger partial charge in [-0.3, -0.25) is 28.5 Å². The van der Waals surface area contributed by atoms with Gasteiger partial charge in [0.05, 0.1) is 7.11 Å². The second kappa shape index (κ2) is 25.2. The average Bonchev–Trinajstić information content (AvgIpc) is 3.48. The summed E-state index contributed by atoms with van der Waals surface area (Å²) in [6.45, 7) is 7.97. The molecule has 0 unspecified atom stereocenters. The summed E-state index contributed by atoms with van der Waals surface area (Å²) in [6.07, 6.45) is 11.5. The molecule has 0 saturated carbocycles. The third-order valence-corrected chi connectivity index (χ3v) is 12.4. The Morgan fingerprint density at radius 3 is 1.46 bits per heavy atom. The summed E-state index contributed by atoms with van der Waals surface area (Å²) >= 11 is 12.6. The van der Waals surface area contributed by atoms with Crippen molar-refractivity contribution >= 4 is 46.4 Å². The summed E-state index contributed by atoms with van der Waals surface area (Å²) in [4.78, 5) is 77.4. The lowest BCUT2D eigenvalue weighted by Crippen LogP contribution is -2.25. The maximum atomic E-state index is 13.5. The molecule has 0 amide bonds. The molecule has 0 saturated heterocycles. The smallest absolute Gasteiger partial charge is 0.321 e. The molecule has 3 N–H and O–H groups in total. The minimum Gasteiger partial charge on any atom is -0.497 e. The van der Waals surface area contributed by atoms with E-state index in [1.165, 1.54) is 90.3 Å². The number of ether oxygens (including phenoxy) is 3. The van der Waals surface area contributed by atoms with E-state index >= 15 is 0 Å². The molecule has 0 aliphatic heterocycles. The van der Waals surface area contributed by atoms with Crippen molar-refractivity contribution in [2.45, 2.75) is 59.2 Å². The van der Waals surface area contributed by atoms with Gasteiger partial charge in [0.25, 0.3) is 0 Å². The predicted octanol–water partition coefficient (Wildman–Crippen LogP) is 10.6. The predicted molar refractivity (Wildman–Crippen MR) is 292 cm³/mol. The number of halogens is 4. The van der Waals surface area contributed by atoms with Crippen molar-refractivity contribution in [2.24, 2.45) is 0 Å². The molecule has 0 atom stereocenters. The largest absolute Gasteiger partial charge is 0.497 e. The highest BCUT2D eigenvalue weighted by Crippen LogP contribution is 2.33. The maximum absolute atomic E-state index is 13.5. The Bertz CT molecular complexity index is 3760. The third kappa shape index (κ3) is 14.0. The molecule has 9 rings (SSSR count). The van der Waals surface area contributed by atoms with Gasteiger partial charge >= 0.3 is 12.0 Å². The second-order valence-corrected chi connectivity index (χ2v) is 18.7. The molecule has 0 radical (unpaired) electrons. The Hall–Kier alpha value is -9.34. The van der Waals surface area contributed by atoms with Crippen LogP contribution >= 0.6 is 23.2 Å². The maximum Gasteiger partial charge on any atom is 0.321 e. The minimum absolute atomic E-state index is 0.00713. The lowest BCUT2D eigenvalue weighted by atomic mass is 10.0. The molecule has 6 heterocycles. The van der Waals surface area contributed by atoms with E-state index in [1.54, 1.807) is 36.4 Å². The van der Waals surface area contributed by atoms with Crippen LogP contribution in [0.5, 0.6) is 29.3 Å². The highest BCUT2D eigenvalue weighted by molar-refractivity contribution is 6.34. The molecule has 0 spiro atoms. The number of nitrogens with one attached hydrogen (secondary N) is 1. The molecular weight excluding hydrogens is 1060 g/mol. The zero-order valence-corrected chi connectivity index (χ0v) is 44.4. The molecule has 0 bridgehead atoms. The van der Waals surface area contributed by atoms with Crippen LogP contribution in [0.1, 0.15) is 77.4 Å². The van der Waals surface area contributed by atoms with Crippen molar-refractivity contribution in [1.29, 1.82) is 0 Å². The van der Waals surface area contributed by atoms with Crippen LogP contribution in [0.3, 0.4) is 0 Å². The summed E-state index contributed by atoms with van der Waals surface area (Å²) in [7, 11) is 1.61. The number of hydrogen-bond acceptors (Lipinski definition) is 17. The van der Waals surface area contributed by atoms with E-state index in [1.807, 2.05) is 52.0 Å². The Morgan fingerprint density at radius 1 is 0.595 bits per heavy atom. The van der Waals surface area contributed by atoms with Crippen LogP contribution in [0.4, 0.5) is 20.4 Å². The molecule has 402 valence electrons. The summed E-state index contributed by atoms with van der Waals surface area (Å²) in [6, 6.07) is 21.4. The van der Waals surface area contributed by atoms with E-state index in [2.05, 4.69) is 45.4 Å². The number of carbonyl (C=O) groups is 2. The number of carbonyl (C=O) groups excluding carboxylic acids is 2. The Balaban J connectivity index is 0.000000214. The van der Waals surface area contributed by atoms with Gasteiger partial charge < -0.3 is 25.3 Å². The van der Waals surface area contributed by atoms with Gasteiger partial charge in [0.15, 0.2) is 34.5 Å². The fourth-order valence-corrected chi connectivity index (χ4v) is 7.73. The Labute approximate surface area is 460 Å². The monoisotopic (exact) mass is 1110 g/mol. The second-order valence-electron chi connectivity index (χ2n) is 17.9. The topological polar surface area (TPSA) is 247 Å². The SMILES string of the molecule is CC(C)n1cc(-c2ccc(F)cc2)c(=O)c(C(=O)Cc2cnc(Oc3ccnc(N)c3Cl)nc2)n1.COc1ccc(CNc2nccc(Oc3ncc(CC(=O)c4nn(C(C)C)cc(-c5ccc(F)cc5)c4=O)cn3)c2Cl)cc1. The van der Waals surface area contributed by atoms with Gasteiger partial charge in [0, 0.05) is 104 Å². The lowest BCUT2D eigenvalue weighted by Gasteiger charge is -2.13. The Morgan fingerprint density at radius 2 is 1.03 bits per heavy atom. The van der Waals surface area contributed by atoms with Gasteiger partial charge in [-0.1, -0.05) is 59.6 Å². The number of methoxy groups -OCH3 is 1. The van der Waals surface area contributed by atoms with E-state index < -0.39 is 34.1 Å². The van der Waals surface area contributed by atoms with Crippen LogP contribution in [-0.4, -0.2) is 68.1 Å². The summed E-state index contributed by atoms with van der Waals surface area (Å²) in [5, 5.41) is 12.1. The zero-order chi connectivity index (χ0) is 56.3. The highest BCUT2D eigenvalue weighted by atomic mass is 35.5. The first-order chi connectivity index (χ1) is 37.9. The number of nitrogens with two attached hydrogens (primary N) is 1. The van der Waals surface area contributed by atoms with Crippen LogP contribution in [0.2, 0.25) is 10.0 Å². The third-order valence-electron chi connectivity index (χ3n) is 11.6. The molecular formula is C56H48Cl2F2N12O7. The number of pyridine rings is 2. The molecule has 6 aromatic heterocycles. The number of anilines is 2. The van der Waals surface area contributed by atoms with Crippen molar-refractivity contribution in [3.8, 4) is 51.5 Å². The number of aromatic nitrogens is 10. The summed E-state index contributed by atoms with van der Waals surface area (Å²) < 4.78 is 46.4. The first-order valence-corrected chi connectivity index (χ1v) is 24.9. The molecule has 79 heavy (non-hydrogen) atoms. The number of benzene rings is 3. The van der Waals surface area contributed by atoms with Gasteiger partial charge in [-0.15, -0.1) is 0 Å². The van der Waals surface area contributed by atoms with Crippen molar-refractivity contribution in [3.05, 3.63) is 205 Å². The number of Topliss-reactive ketones (excluding diaryl/α,β-unsaturated/α-hetero) is 2. The number of nitrogens with zero attached hydrogens (tertiary/aromatic N) is 10. The molecule has 3 aromatic carbocycles. The molecule has 9 aromatic rings. The fraction of sp³-hybridized carbons (Fsp3) is 0.179. The minimum atomic E-state index is -0.539. The van der Waals surface area contributed by atoms with Crippen molar-refractivity contribution in [1.82, 2.24) is 49.5 Å². The van der Waals surface area contributed by atoms with Gasteiger partial charge in [-0.2, -0.15) is 10.2 Å². The standard InChI is InChI=1S/C32H28ClFN6O4.C24H20ClFN6O3/c1-19(2)40-18-25(22-6-8-23(34)9-7-22)30(42)29(39-40)26(41)14-21-16-37-32(38-17-21)44-27-12-13-35-31(28(27)33)36-15-20-4-10-24(43-3)11-5-20;1-13(2)32-12-17(15-3-5-16(26)6-4-15)22(34)21(31-32)18(33)9-14-10-29-24(30-11-14)35-19-7-8-28-23(27)20(19)25/h4-13,16-19H,14-15H2,1-3H3,(H,35,36);3-8,10-13H,9H2,1-2H3,(H2,27,28). The van der Waals surface area contributed by atoms with Crippen molar-refractivity contribution in [2.75, 3.05) is 18.2 Å². The molecule has 0 aliphatic rings. The Kier molecular flexibility index (Phi) is 17.8. The summed E-state index contributed by atoms with van der Waals surface area (Å²) in [5.74, 6) is -0.0470. The van der Waals surface area contributed by atoms with Crippen LogP contribution in [0.25, 0.3) is 22.3 Å². The van der Waals surface area contributed by atoms with Crippen LogP contribution in [0, 0.1) is 11.6 Å². The van der Waals surface area contributed by atoms with Crippen LogP contribution in [-0.2, 0) is 19.4 Å². The molecule has 23 heteroatoms. The van der Waals surface area contributed by atoms with Gasteiger partial charge in [0.2, 0.25) is 10.9 Å². The van der Waals surface area contributed by atoms with Crippen LogP contribution < -0.4 is 36.1 Å². The summed E-state index contributed by atoms with van der Waals surface area (Å²) in [5.41, 5.74) is 7.52. The first-order valence-electron chi connectivity index (χ1n) is 24.2. The normalized spacial score (nSPS) is 11.0. The van der Waals surface area contributed by atoms with E-state index in [0.29, 0.717) is 40.4 Å². The van der Waals surface area contributed by atoms with Crippen molar-refractivity contribution < 1.29 is 32.6 Å².